The van der Waals surface area contributed by atoms with Gasteiger partial charge in [-0.2, -0.15) is 5.10 Å². The molecule has 0 saturated carbocycles. The zero-order valence-corrected chi connectivity index (χ0v) is 17.3. The minimum absolute atomic E-state index is 0.0265. The molecule has 0 radical (unpaired) electrons. The van der Waals surface area contributed by atoms with Gasteiger partial charge in [-0.05, 0) is 42.5 Å². The molecule has 1 N–H and O–H groups in total. The standard InChI is InChI=1S/C24H26F2N4O/c25-21-8-6-19(16-22(21)26)17-29-14-11-20(12-15-29)30-23(10-13-27-30)28-24(31)9-7-18-4-2-1-3-5-18/h1-6,8,10,13,16,20H,7,9,11-12,14-15,17H2,(H,28,31). The summed E-state index contributed by atoms with van der Waals surface area (Å²) in [6, 6.07) is 16.0. The summed E-state index contributed by atoms with van der Waals surface area (Å²) < 4.78 is 28.5. The second kappa shape index (κ2) is 9.83. The number of halogens is 2. The Balaban J connectivity index is 1.29. The third kappa shape index (κ3) is 5.55. The van der Waals surface area contributed by atoms with Gasteiger partial charge in [-0.1, -0.05) is 36.4 Å². The van der Waals surface area contributed by atoms with E-state index < -0.39 is 11.6 Å². The van der Waals surface area contributed by atoms with Gasteiger partial charge in [-0.25, -0.2) is 13.5 Å². The lowest BCUT2D eigenvalue weighted by molar-refractivity contribution is -0.116. The fourth-order valence-electron chi connectivity index (χ4n) is 4.03. The lowest BCUT2D eigenvalue weighted by Crippen LogP contribution is -2.35. The van der Waals surface area contributed by atoms with E-state index in [0.29, 0.717) is 19.4 Å². The Hall–Kier alpha value is -3.06. The molecule has 3 aromatic rings. The third-order valence-electron chi connectivity index (χ3n) is 5.71. The van der Waals surface area contributed by atoms with Crippen molar-refractivity contribution in [3.8, 4) is 0 Å². The van der Waals surface area contributed by atoms with Gasteiger partial charge >= 0.3 is 0 Å². The van der Waals surface area contributed by atoms with Gasteiger partial charge in [-0.15, -0.1) is 0 Å². The van der Waals surface area contributed by atoms with Gasteiger partial charge in [-0.3, -0.25) is 9.69 Å². The Morgan fingerprint density at radius 1 is 1.00 bits per heavy atom. The van der Waals surface area contributed by atoms with Crippen LogP contribution in [0, 0.1) is 11.6 Å². The number of amides is 1. The Bertz CT molecular complexity index is 1010. The number of hydrogen-bond acceptors (Lipinski definition) is 3. The summed E-state index contributed by atoms with van der Waals surface area (Å²) in [7, 11) is 0. The van der Waals surface area contributed by atoms with Crippen molar-refractivity contribution < 1.29 is 13.6 Å². The molecule has 5 nitrogen and oxygen atoms in total. The molecule has 31 heavy (non-hydrogen) atoms. The van der Waals surface area contributed by atoms with E-state index in [1.165, 1.54) is 12.1 Å². The predicted molar refractivity (Wildman–Crippen MR) is 116 cm³/mol. The molecule has 1 aromatic heterocycles. The quantitative estimate of drug-likeness (QED) is 0.605. The normalized spacial score (nSPS) is 15.2. The molecule has 1 aliphatic rings. The smallest absolute Gasteiger partial charge is 0.225 e. The molecule has 0 aliphatic carbocycles. The van der Waals surface area contributed by atoms with Crippen LogP contribution in [-0.2, 0) is 17.8 Å². The number of aryl methyl sites for hydroxylation is 1. The topological polar surface area (TPSA) is 50.2 Å². The van der Waals surface area contributed by atoms with E-state index in [4.69, 9.17) is 0 Å². The molecule has 1 aliphatic heterocycles. The number of nitrogens with one attached hydrogen (secondary N) is 1. The van der Waals surface area contributed by atoms with Crippen molar-refractivity contribution in [2.75, 3.05) is 18.4 Å². The SMILES string of the molecule is O=C(CCc1ccccc1)Nc1ccnn1C1CCN(Cc2ccc(F)c(F)c2)CC1. The highest BCUT2D eigenvalue weighted by molar-refractivity contribution is 5.89. The number of rotatable bonds is 7. The van der Waals surface area contributed by atoms with Gasteiger partial charge < -0.3 is 5.32 Å². The summed E-state index contributed by atoms with van der Waals surface area (Å²) in [5.74, 6) is -0.936. The van der Waals surface area contributed by atoms with Crippen molar-refractivity contribution in [2.24, 2.45) is 0 Å². The Kier molecular flexibility index (Phi) is 6.72. The highest BCUT2D eigenvalue weighted by Crippen LogP contribution is 2.26. The van der Waals surface area contributed by atoms with E-state index in [-0.39, 0.29) is 11.9 Å². The highest BCUT2D eigenvalue weighted by atomic mass is 19.2. The monoisotopic (exact) mass is 424 g/mol. The average molecular weight is 424 g/mol. The first kappa shape index (κ1) is 21.2. The fraction of sp³-hybridized carbons (Fsp3) is 0.333. The fourth-order valence-corrected chi connectivity index (χ4v) is 4.03. The summed E-state index contributed by atoms with van der Waals surface area (Å²) in [6.45, 7) is 2.24. The minimum atomic E-state index is -0.820. The molecular weight excluding hydrogens is 398 g/mol. The minimum Gasteiger partial charge on any atom is -0.311 e. The molecular formula is C24H26F2N4O. The third-order valence-corrected chi connectivity index (χ3v) is 5.71. The number of nitrogens with zero attached hydrogens (tertiary/aromatic N) is 3. The van der Waals surface area contributed by atoms with Crippen molar-refractivity contribution in [1.82, 2.24) is 14.7 Å². The van der Waals surface area contributed by atoms with Crippen molar-refractivity contribution in [1.29, 1.82) is 0 Å². The Morgan fingerprint density at radius 3 is 2.52 bits per heavy atom. The number of aromatic nitrogens is 2. The van der Waals surface area contributed by atoms with Gasteiger partial charge in [0.1, 0.15) is 5.82 Å². The maximum Gasteiger partial charge on any atom is 0.225 e. The highest BCUT2D eigenvalue weighted by Gasteiger charge is 2.23. The molecule has 0 atom stereocenters. The van der Waals surface area contributed by atoms with E-state index in [1.807, 2.05) is 41.1 Å². The van der Waals surface area contributed by atoms with Crippen LogP contribution in [0.1, 0.15) is 36.4 Å². The molecule has 2 heterocycles. The lowest BCUT2D eigenvalue weighted by Gasteiger charge is -2.32. The molecule has 1 amide bonds. The van der Waals surface area contributed by atoms with Gasteiger partial charge in [0.15, 0.2) is 11.6 Å². The van der Waals surface area contributed by atoms with Crippen molar-refractivity contribution in [2.45, 2.75) is 38.3 Å². The molecule has 0 unspecified atom stereocenters. The molecule has 2 aromatic carbocycles. The summed E-state index contributed by atoms with van der Waals surface area (Å²) in [4.78, 5) is 14.6. The van der Waals surface area contributed by atoms with Crippen LogP contribution >= 0.6 is 0 Å². The largest absolute Gasteiger partial charge is 0.311 e. The maximum atomic E-state index is 13.4. The zero-order chi connectivity index (χ0) is 21.6. The molecule has 1 saturated heterocycles. The molecule has 162 valence electrons. The number of likely N-dealkylation sites (tertiary alicyclic amines) is 1. The average Bonchev–Trinajstić information content (AvgIpc) is 3.24. The second-order valence-corrected chi connectivity index (χ2v) is 7.95. The molecule has 7 heteroatoms. The van der Waals surface area contributed by atoms with E-state index in [2.05, 4.69) is 15.3 Å². The number of carbonyl (C=O) groups excluding carboxylic acids is 1. The van der Waals surface area contributed by atoms with Crippen LogP contribution in [0.25, 0.3) is 0 Å². The molecule has 1 fully saturated rings. The zero-order valence-electron chi connectivity index (χ0n) is 17.3. The van der Waals surface area contributed by atoms with Crippen LogP contribution in [0.4, 0.5) is 14.6 Å². The van der Waals surface area contributed by atoms with Crippen molar-refractivity contribution in [3.05, 3.63) is 83.6 Å². The summed E-state index contributed by atoms with van der Waals surface area (Å²) in [5, 5.41) is 7.43. The predicted octanol–water partition coefficient (Wildman–Crippen LogP) is 4.57. The van der Waals surface area contributed by atoms with Gasteiger partial charge in [0.05, 0.1) is 12.2 Å². The van der Waals surface area contributed by atoms with Crippen LogP contribution < -0.4 is 5.32 Å². The first-order chi connectivity index (χ1) is 15.1. The molecule has 0 bridgehead atoms. The van der Waals surface area contributed by atoms with Gasteiger partial charge in [0, 0.05) is 32.1 Å². The van der Waals surface area contributed by atoms with E-state index in [0.717, 1.165) is 42.9 Å². The number of benzene rings is 2. The summed E-state index contributed by atoms with van der Waals surface area (Å²) in [6.07, 6.45) is 4.57. The first-order valence-corrected chi connectivity index (χ1v) is 10.6. The van der Waals surface area contributed by atoms with Crippen LogP contribution in [0.2, 0.25) is 0 Å². The maximum absolute atomic E-state index is 13.4. The van der Waals surface area contributed by atoms with E-state index >= 15 is 0 Å². The number of piperidine rings is 1. The van der Waals surface area contributed by atoms with Crippen LogP contribution in [0.5, 0.6) is 0 Å². The Labute approximate surface area is 180 Å². The van der Waals surface area contributed by atoms with Gasteiger partial charge in [0.25, 0.3) is 0 Å². The van der Waals surface area contributed by atoms with Crippen LogP contribution in [0.3, 0.4) is 0 Å². The summed E-state index contributed by atoms with van der Waals surface area (Å²) >= 11 is 0. The van der Waals surface area contributed by atoms with Crippen molar-refractivity contribution >= 4 is 11.7 Å². The molecule has 0 spiro atoms. The number of anilines is 1. The van der Waals surface area contributed by atoms with Crippen LogP contribution in [0.15, 0.2) is 60.8 Å². The van der Waals surface area contributed by atoms with E-state index in [9.17, 15) is 13.6 Å². The van der Waals surface area contributed by atoms with Crippen LogP contribution in [-0.4, -0.2) is 33.7 Å². The number of hydrogen-bond donors (Lipinski definition) is 1. The number of carbonyl (C=O) groups is 1. The van der Waals surface area contributed by atoms with Crippen molar-refractivity contribution in [3.63, 3.8) is 0 Å². The molecule has 4 rings (SSSR count). The second-order valence-electron chi connectivity index (χ2n) is 7.95. The van der Waals surface area contributed by atoms with Gasteiger partial charge in [0.2, 0.25) is 5.91 Å². The first-order valence-electron chi connectivity index (χ1n) is 10.6. The van der Waals surface area contributed by atoms with E-state index in [1.54, 1.807) is 12.3 Å². The Morgan fingerprint density at radius 2 is 1.77 bits per heavy atom. The lowest BCUT2D eigenvalue weighted by atomic mass is 10.0. The summed E-state index contributed by atoms with van der Waals surface area (Å²) in [5.41, 5.74) is 1.90.